The average Bonchev–Trinajstić information content (AvgIpc) is 3.46. The minimum Gasteiger partial charge on any atom is -0.458 e. The summed E-state index contributed by atoms with van der Waals surface area (Å²) in [4.78, 5) is 19.6. The number of carbonyl (C=O) groups is 1. The molecule has 162 valence electrons. The number of primary amides is 1. The summed E-state index contributed by atoms with van der Waals surface area (Å²) in [6, 6.07) is 21.3. The van der Waals surface area contributed by atoms with Crippen LogP contribution in [0.15, 0.2) is 81.5 Å². The number of aliphatic imine (C=N–C) groups is 1. The van der Waals surface area contributed by atoms with Crippen LogP contribution in [-0.2, 0) is 13.1 Å². The van der Waals surface area contributed by atoms with Crippen molar-refractivity contribution in [2.24, 2.45) is 16.5 Å². The van der Waals surface area contributed by atoms with Crippen LogP contribution in [0, 0.1) is 0 Å². The lowest BCUT2D eigenvalue weighted by Crippen LogP contribution is -2.30. The van der Waals surface area contributed by atoms with Crippen molar-refractivity contribution in [2.75, 3.05) is 0 Å². The van der Waals surface area contributed by atoms with Gasteiger partial charge in [0.15, 0.2) is 11.7 Å². The number of nitrogens with two attached hydrogens (primary N) is 2. The van der Waals surface area contributed by atoms with Gasteiger partial charge in [-0.3, -0.25) is 0 Å². The van der Waals surface area contributed by atoms with E-state index in [1.54, 1.807) is 12.1 Å². The zero-order chi connectivity index (χ0) is 22.3. The summed E-state index contributed by atoms with van der Waals surface area (Å²) in [5.74, 6) is 1.43. The van der Waals surface area contributed by atoms with Crippen molar-refractivity contribution in [2.45, 2.75) is 13.1 Å². The summed E-state index contributed by atoms with van der Waals surface area (Å²) in [7, 11) is 0. The SMILES string of the molecule is NC(=O)NCc1ccc(-c2csc(/N=C(\N)NCc3ccccc3-c3ccccc3)n2)o1. The highest BCUT2D eigenvalue weighted by molar-refractivity contribution is 7.13. The van der Waals surface area contributed by atoms with Gasteiger partial charge in [0, 0.05) is 11.9 Å². The van der Waals surface area contributed by atoms with Gasteiger partial charge in [0.05, 0.1) is 6.54 Å². The lowest BCUT2D eigenvalue weighted by molar-refractivity contribution is 0.247. The molecule has 0 spiro atoms. The molecule has 0 saturated carbocycles. The number of nitrogens with zero attached hydrogens (tertiary/aromatic N) is 2. The molecule has 0 aliphatic carbocycles. The van der Waals surface area contributed by atoms with Crippen LogP contribution in [-0.4, -0.2) is 17.0 Å². The van der Waals surface area contributed by atoms with E-state index in [0.29, 0.717) is 28.9 Å². The summed E-state index contributed by atoms with van der Waals surface area (Å²) >= 11 is 1.35. The molecule has 0 atom stereocenters. The predicted octanol–water partition coefficient (Wildman–Crippen LogP) is 3.97. The maximum atomic E-state index is 10.8. The number of furan rings is 1. The largest absolute Gasteiger partial charge is 0.458 e. The standard InChI is InChI=1S/C23H22N6O2S/c24-21(26-12-16-8-4-5-9-18(16)15-6-2-1-3-7-15)29-23-28-19(14-32-23)20-11-10-17(31-20)13-27-22(25)30/h1-11,14H,12-13H2,(H3,25,27,30)(H3,24,26,28,29). The van der Waals surface area contributed by atoms with Gasteiger partial charge in [-0.25, -0.2) is 9.78 Å². The van der Waals surface area contributed by atoms with Gasteiger partial charge in [-0.15, -0.1) is 11.3 Å². The molecule has 0 saturated heterocycles. The third-order valence-electron chi connectivity index (χ3n) is 4.62. The third-order valence-corrected chi connectivity index (χ3v) is 5.36. The molecular formula is C23H22N6O2S. The molecule has 2 aromatic carbocycles. The minimum absolute atomic E-state index is 0.214. The van der Waals surface area contributed by atoms with Crippen LogP contribution < -0.4 is 22.1 Å². The Hall–Kier alpha value is -4.11. The van der Waals surface area contributed by atoms with Crippen LogP contribution in [0.3, 0.4) is 0 Å². The van der Waals surface area contributed by atoms with E-state index in [-0.39, 0.29) is 12.5 Å². The fraction of sp³-hybridized carbons (Fsp3) is 0.0870. The second-order valence-corrected chi connectivity index (χ2v) is 7.71. The van der Waals surface area contributed by atoms with E-state index in [4.69, 9.17) is 15.9 Å². The van der Waals surface area contributed by atoms with Crippen LogP contribution in [0.25, 0.3) is 22.6 Å². The van der Waals surface area contributed by atoms with Gasteiger partial charge in [-0.1, -0.05) is 54.6 Å². The van der Waals surface area contributed by atoms with Crippen molar-refractivity contribution in [3.8, 4) is 22.6 Å². The maximum absolute atomic E-state index is 10.8. The smallest absolute Gasteiger partial charge is 0.312 e. The highest BCUT2D eigenvalue weighted by atomic mass is 32.1. The molecule has 0 radical (unpaired) electrons. The molecule has 2 amide bonds. The molecule has 32 heavy (non-hydrogen) atoms. The van der Waals surface area contributed by atoms with Gasteiger partial charge in [-0.05, 0) is 28.8 Å². The molecule has 0 bridgehead atoms. The van der Waals surface area contributed by atoms with E-state index >= 15 is 0 Å². The van der Waals surface area contributed by atoms with Crippen molar-refractivity contribution < 1.29 is 9.21 Å². The van der Waals surface area contributed by atoms with E-state index in [9.17, 15) is 4.79 Å². The molecule has 4 rings (SSSR count). The number of amides is 2. The monoisotopic (exact) mass is 446 g/mol. The molecule has 0 aliphatic heterocycles. The molecule has 4 aromatic rings. The Balaban J connectivity index is 1.41. The third kappa shape index (κ3) is 5.32. The normalized spacial score (nSPS) is 11.3. The van der Waals surface area contributed by atoms with Gasteiger partial charge in [0.1, 0.15) is 11.5 Å². The van der Waals surface area contributed by atoms with Crippen molar-refractivity contribution in [3.05, 3.63) is 83.4 Å². The number of rotatable bonds is 7. The molecule has 2 aromatic heterocycles. The van der Waals surface area contributed by atoms with E-state index in [1.165, 1.54) is 11.3 Å². The average molecular weight is 447 g/mol. The van der Waals surface area contributed by atoms with Gasteiger partial charge >= 0.3 is 6.03 Å². The van der Waals surface area contributed by atoms with Gasteiger partial charge in [0.25, 0.3) is 0 Å². The number of benzene rings is 2. The molecule has 9 heteroatoms. The first-order chi connectivity index (χ1) is 15.6. The zero-order valence-corrected chi connectivity index (χ0v) is 17.9. The van der Waals surface area contributed by atoms with Crippen molar-refractivity contribution in [1.29, 1.82) is 0 Å². The Morgan fingerprint density at radius 1 is 0.969 bits per heavy atom. The fourth-order valence-corrected chi connectivity index (χ4v) is 3.80. The molecular weight excluding hydrogens is 424 g/mol. The van der Waals surface area contributed by atoms with Crippen LogP contribution in [0.1, 0.15) is 11.3 Å². The summed E-state index contributed by atoms with van der Waals surface area (Å²) < 4.78 is 5.68. The first-order valence-corrected chi connectivity index (χ1v) is 10.8. The molecule has 6 N–H and O–H groups in total. The van der Waals surface area contributed by atoms with Crippen molar-refractivity contribution in [3.63, 3.8) is 0 Å². The van der Waals surface area contributed by atoms with Crippen LogP contribution in [0.4, 0.5) is 9.93 Å². The Morgan fingerprint density at radius 2 is 1.75 bits per heavy atom. The number of aromatic nitrogens is 1. The van der Waals surface area contributed by atoms with E-state index in [2.05, 4.69) is 44.9 Å². The van der Waals surface area contributed by atoms with Crippen LogP contribution in [0.5, 0.6) is 0 Å². The summed E-state index contributed by atoms with van der Waals surface area (Å²) in [6.45, 7) is 0.749. The molecule has 0 unspecified atom stereocenters. The molecule has 8 nitrogen and oxygen atoms in total. The fourth-order valence-electron chi connectivity index (χ4n) is 3.12. The number of nitrogens with one attached hydrogen (secondary N) is 2. The molecule has 2 heterocycles. The molecule has 0 aliphatic rings. The Bertz CT molecular complexity index is 1230. The summed E-state index contributed by atoms with van der Waals surface area (Å²) in [6.07, 6.45) is 0. The van der Waals surface area contributed by atoms with Crippen molar-refractivity contribution >= 4 is 28.5 Å². The minimum atomic E-state index is -0.609. The molecule has 0 fully saturated rings. The van der Waals surface area contributed by atoms with Crippen molar-refractivity contribution in [1.82, 2.24) is 15.6 Å². The second-order valence-electron chi connectivity index (χ2n) is 6.87. The number of hydrogen-bond acceptors (Lipinski definition) is 5. The summed E-state index contributed by atoms with van der Waals surface area (Å²) in [5, 5.41) is 7.98. The number of urea groups is 1. The topological polar surface area (TPSA) is 132 Å². The van der Waals surface area contributed by atoms with Gasteiger partial charge in [0.2, 0.25) is 5.13 Å². The quantitative estimate of drug-likeness (QED) is 0.252. The number of hydrogen-bond donors (Lipinski definition) is 4. The maximum Gasteiger partial charge on any atom is 0.312 e. The Labute approximate surface area is 189 Å². The lowest BCUT2D eigenvalue weighted by atomic mass is 10.00. The first kappa shape index (κ1) is 21.1. The Kier molecular flexibility index (Phi) is 6.47. The number of thiazole rings is 1. The van der Waals surface area contributed by atoms with E-state index in [1.807, 2.05) is 35.7 Å². The second kappa shape index (κ2) is 9.80. The lowest BCUT2D eigenvalue weighted by Gasteiger charge is -2.11. The van der Waals surface area contributed by atoms with Crippen LogP contribution in [0.2, 0.25) is 0 Å². The first-order valence-electron chi connectivity index (χ1n) is 9.88. The zero-order valence-electron chi connectivity index (χ0n) is 17.1. The highest BCUT2D eigenvalue weighted by Gasteiger charge is 2.10. The van der Waals surface area contributed by atoms with E-state index in [0.717, 1.165) is 16.7 Å². The predicted molar refractivity (Wildman–Crippen MR) is 126 cm³/mol. The number of carbonyl (C=O) groups excluding carboxylic acids is 1. The summed E-state index contributed by atoms with van der Waals surface area (Å²) in [5.41, 5.74) is 15.2. The van der Waals surface area contributed by atoms with Gasteiger partial charge in [-0.2, -0.15) is 4.99 Å². The van der Waals surface area contributed by atoms with E-state index < -0.39 is 6.03 Å². The van der Waals surface area contributed by atoms with Crippen LogP contribution >= 0.6 is 11.3 Å². The highest BCUT2D eigenvalue weighted by Crippen LogP contribution is 2.28. The number of guanidine groups is 1. The van der Waals surface area contributed by atoms with Gasteiger partial charge < -0.3 is 26.5 Å². The Morgan fingerprint density at radius 3 is 2.56 bits per heavy atom.